The highest BCUT2D eigenvalue weighted by molar-refractivity contribution is 5.79. The third kappa shape index (κ3) is 4.14. The van der Waals surface area contributed by atoms with Crippen LogP contribution in [0.1, 0.15) is 29.7 Å². The zero-order valence-corrected chi connectivity index (χ0v) is 18.7. The van der Waals surface area contributed by atoms with Gasteiger partial charge in [-0.2, -0.15) is 0 Å². The van der Waals surface area contributed by atoms with E-state index in [0.29, 0.717) is 12.0 Å². The molecule has 5 nitrogen and oxygen atoms in total. The molecule has 0 spiro atoms. The van der Waals surface area contributed by atoms with Crippen molar-refractivity contribution in [3.8, 4) is 0 Å². The van der Waals surface area contributed by atoms with E-state index in [4.69, 9.17) is 5.73 Å². The molecule has 2 heterocycles. The molecule has 0 aliphatic carbocycles. The summed E-state index contributed by atoms with van der Waals surface area (Å²) < 4.78 is 2.06. The van der Waals surface area contributed by atoms with Crippen LogP contribution in [0.5, 0.6) is 0 Å². The molecule has 32 heavy (non-hydrogen) atoms. The van der Waals surface area contributed by atoms with Gasteiger partial charge in [0.25, 0.3) is 0 Å². The number of aryl methyl sites for hydroxylation is 1. The van der Waals surface area contributed by atoms with E-state index in [-0.39, 0.29) is 0 Å². The second-order valence-electron chi connectivity index (χ2n) is 8.57. The van der Waals surface area contributed by atoms with Gasteiger partial charge in [-0.05, 0) is 35.7 Å². The van der Waals surface area contributed by atoms with Crippen molar-refractivity contribution in [2.45, 2.75) is 26.1 Å². The van der Waals surface area contributed by atoms with Crippen molar-refractivity contribution in [1.82, 2.24) is 19.4 Å². The number of aromatic nitrogens is 2. The van der Waals surface area contributed by atoms with Gasteiger partial charge in [0.15, 0.2) is 0 Å². The van der Waals surface area contributed by atoms with E-state index >= 15 is 0 Å². The highest BCUT2D eigenvalue weighted by atomic mass is 15.3. The monoisotopic (exact) mass is 425 g/mol. The molecule has 0 atom stereocenters. The van der Waals surface area contributed by atoms with E-state index in [2.05, 4.69) is 105 Å². The lowest BCUT2D eigenvalue weighted by Gasteiger charge is -2.39. The number of rotatable bonds is 6. The Labute approximate surface area is 190 Å². The fourth-order valence-electron chi connectivity index (χ4n) is 4.95. The topological polar surface area (TPSA) is 50.3 Å². The molecule has 1 aliphatic rings. The summed E-state index contributed by atoms with van der Waals surface area (Å²) in [6.07, 6.45) is 0. The maximum absolute atomic E-state index is 6.07. The van der Waals surface area contributed by atoms with Crippen LogP contribution in [-0.2, 0) is 13.1 Å². The molecule has 3 aromatic carbocycles. The van der Waals surface area contributed by atoms with Gasteiger partial charge >= 0.3 is 0 Å². The van der Waals surface area contributed by atoms with Crippen LogP contribution < -0.4 is 5.73 Å². The highest BCUT2D eigenvalue weighted by Gasteiger charge is 2.26. The lowest BCUT2D eigenvalue weighted by Crippen LogP contribution is -2.47. The van der Waals surface area contributed by atoms with Crippen LogP contribution in [0.4, 0.5) is 5.95 Å². The number of hydrogen-bond acceptors (Lipinski definition) is 4. The van der Waals surface area contributed by atoms with Crippen LogP contribution in [0, 0.1) is 0 Å². The molecule has 0 bridgehead atoms. The van der Waals surface area contributed by atoms with E-state index in [1.807, 2.05) is 0 Å². The minimum atomic E-state index is 0.303. The van der Waals surface area contributed by atoms with Crippen LogP contribution >= 0.6 is 0 Å². The number of hydrogen-bond donors (Lipinski definition) is 1. The number of nitrogens with two attached hydrogens (primary N) is 1. The Kier molecular flexibility index (Phi) is 5.93. The van der Waals surface area contributed by atoms with Gasteiger partial charge in [0, 0.05) is 39.3 Å². The number of anilines is 1. The van der Waals surface area contributed by atoms with Gasteiger partial charge in [-0.3, -0.25) is 9.80 Å². The molecule has 1 saturated heterocycles. The summed E-state index contributed by atoms with van der Waals surface area (Å²) in [5.41, 5.74) is 12.2. The van der Waals surface area contributed by atoms with Crippen LogP contribution in [0.25, 0.3) is 11.0 Å². The number of imidazole rings is 1. The molecule has 5 heteroatoms. The number of benzene rings is 3. The van der Waals surface area contributed by atoms with Crippen molar-refractivity contribution in [3.05, 3.63) is 95.6 Å². The lowest BCUT2D eigenvalue weighted by atomic mass is 9.96. The summed E-state index contributed by atoms with van der Waals surface area (Å²) in [4.78, 5) is 9.72. The summed E-state index contributed by atoms with van der Waals surface area (Å²) >= 11 is 0. The predicted octanol–water partition coefficient (Wildman–Crippen LogP) is 4.55. The maximum atomic E-state index is 6.07. The molecular formula is C27H31N5. The zero-order chi connectivity index (χ0) is 21.9. The first-order chi connectivity index (χ1) is 15.7. The molecule has 4 aromatic rings. The fourth-order valence-corrected chi connectivity index (χ4v) is 4.95. The van der Waals surface area contributed by atoms with Gasteiger partial charge in [0.1, 0.15) is 0 Å². The van der Waals surface area contributed by atoms with Gasteiger partial charge in [0.05, 0.1) is 17.1 Å². The first kappa shape index (κ1) is 20.7. The van der Waals surface area contributed by atoms with Crippen molar-refractivity contribution < 1.29 is 0 Å². The average molecular weight is 426 g/mol. The van der Waals surface area contributed by atoms with Crippen molar-refractivity contribution in [2.24, 2.45) is 0 Å². The number of nitrogens with zero attached hydrogens (tertiary/aromatic N) is 4. The molecule has 1 fully saturated rings. The van der Waals surface area contributed by atoms with Gasteiger partial charge in [0.2, 0.25) is 5.95 Å². The largest absolute Gasteiger partial charge is 0.369 e. The maximum Gasteiger partial charge on any atom is 0.201 e. The Balaban J connectivity index is 1.29. The lowest BCUT2D eigenvalue weighted by molar-refractivity contribution is 0.105. The molecule has 0 amide bonds. The number of nitrogen functional groups attached to an aromatic ring is 1. The van der Waals surface area contributed by atoms with Crippen LogP contribution in [0.3, 0.4) is 0 Å². The summed E-state index contributed by atoms with van der Waals surface area (Å²) in [7, 11) is 0. The second-order valence-corrected chi connectivity index (χ2v) is 8.57. The van der Waals surface area contributed by atoms with Crippen molar-refractivity contribution in [3.63, 3.8) is 0 Å². The van der Waals surface area contributed by atoms with E-state index in [9.17, 15) is 0 Å². The van der Waals surface area contributed by atoms with Crippen LogP contribution in [-0.4, -0.2) is 45.5 Å². The second kappa shape index (κ2) is 9.15. The minimum Gasteiger partial charge on any atom is -0.369 e. The summed E-state index contributed by atoms with van der Waals surface area (Å²) in [6, 6.07) is 28.6. The SMILES string of the molecule is CCn1c(N)nc2cc(CN3CCN(C(c4ccccc4)c4ccccc4)CC3)ccc21. The molecule has 5 rings (SSSR count). The van der Waals surface area contributed by atoms with Crippen LogP contribution in [0.15, 0.2) is 78.9 Å². The number of piperazine rings is 1. The van der Waals surface area contributed by atoms with Gasteiger partial charge < -0.3 is 10.3 Å². The van der Waals surface area contributed by atoms with Crippen molar-refractivity contribution in [2.75, 3.05) is 31.9 Å². The first-order valence-electron chi connectivity index (χ1n) is 11.5. The average Bonchev–Trinajstić information content (AvgIpc) is 3.16. The van der Waals surface area contributed by atoms with Gasteiger partial charge in [-0.25, -0.2) is 4.98 Å². The Morgan fingerprint density at radius 2 is 1.47 bits per heavy atom. The quantitative estimate of drug-likeness (QED) is 0.493. The third-order valence-electron chi connectivity index (χ3n) is 6.57. The van der Waals surface area contributed by atoms with Crippen molar-refractivity contribution in [1.29, 1.82) is 0 Å². The minimum absolute atomic E-state index is 0.303. The standard InChI is InChI=1S/C27H31N5/c1-2-32-25-14-13-21(19-24(25)29-27(32)28)20-30-15-17-31(18-16-30)26(22-9-5-3-6-10-22)23-11-7-4-8-12-23/h3-14,19,26H,2,15-18,20H2,1H3,(H2,28,29). The smallest absolute Gasteiger partial charge is 0.201 e. The van der Waals surface area contributed by atoms with Gasteiger partial charge in [-0.1, -0.05) is 66.7 Å². The summed E-state index contributed by atoms with van der Waals surface area (Å²) in [6.45, 7) is 8.10. The Hall–Kier alpha value is -3.15. The predicted molar refractivity (Wildman–Crippen MR) is 131 cm³/mol. The summed E-state index contributed by atoms with van der Waals surface area (Å²) in [5, 5.41) is 0. The van der Waals surface area contributed by atoms with E-state index in [0.717, 1.165) is 50.3 Å². The molecule has 1 aromatic heterocycles. The third-order valence-corrected chi connectivity index (χ3v) is 6.57. The molecule has 164 valence electrons. The normalized spacial score (nSPS) is 15.6. The summed E-state index contributed by atoms with van der Waals surface area (Å²) in [5.74, 6) is 0.598. The highest BCUT2D eigenvalue weighted by Crippen LogP contribution is 2.30. The van der Waals surface area contributed by atoms with E-state index in [1.165, 1.54) is 16.7 Å². The fraction of sp³-hybridized carbons (Fsp3) is 0.296. The van der Waals surface area contributed by atoms with Gasteiger partial charge in [-0.15, -0.1) is 0 Å². The molecule has 0 saturated carbocycles. The molecule has 0 radical (unpaired) electrons. The molecule has 2 N–H and O–H groups in total. The first-order valence-corrected chi connectivity index (χ1v) is 11.5. The molecular weight excluding hydrogens is 394 g/mol. The number of fused-ring (bicyclic) bond motifs is 1. The molecule has 1 aliphatic heterocycles. The van der Waals surface area contributed by atoms with E-state index in [1.54, 1.807) is 0 Å². The van der Waals surface area contributed by atoms with Crippen molar-refractivity contribution >= 4 is 17.0 Å². The Morgan fingerprint density at radius 3 is 2.06 bits per heavy atom. The Morgan fingerprint density at radius 1 is 0.844 bits per heavy atom. The van der Waals surface area contributed by atoms with Crippen LogP contribution in [0.2, 0.25) is 0 Å². The van der Waals surface area contributed by atoms with E-state index < -0.39 is 0 Å². The zero-order valence-electron chi connectivity index (χ0n) is 18.7. The molecule has 0 unspecified atom stereocenters. The Bertz CT molecular complexity index is 1120.